The van der Waals surface area contributed by atoms with Crippen LogP contribution in [0.1, 0.15) is 10.4 Å². The number of anilines is 1. The van der Waals surface area contributed by atoms with Crippen molar-refractivity contribution in [1.29, 1.82) is 0 Å². The van der Waals surface area contributed by atoms with Gasteiger partial charge in [-0.1, -0.05) is 11.6 Å². The number of rotatable bonds is 9. The highest BCUT2D eigenvalue weighted by Crippen LogP contribution is 2.36. The summed E-state index contributed by atoms with van der Waals surface area (Å²) in [5.74, 6) is 0.332. The van der Waals surface area contributed by atoms with Gasteiger partial charge in [-0.2, -0.15) is 0 Å². The summed E-state index contributed by atoms with van der Waals surface area (Å²) >= 11 is 6.10. The van der Waals surface area contributed by atoms with Gasteiger partial charge in [0.05, 0.1) is 36.4 Å². The molecule has 0 saturated heterocycles. The maximum Gasteiger partial charge on any atom is 0.255 e. The second-order valence-corrected chi connectivity index (χ2v) is 7.73. The van der Waals surface area contributed by atoms with Crippen molar-refractivity contribution < 1.29 is 27.4 Å². The van der Waals surface area contributed by atoms with Crippen LogP contribution in [0.3, 0.4) is 0 Å². The number of ether oxygens (including phenoxy) is 3. The molecule has 0 atom stereocenters. The van der Waals surface area contributed by atoms with Gasteiger partial charge in [-0.25, -0.2) is 13.1 Å². The van der Waals surface area contributed by atoms with Crippen LogP contribution >= 0.6 is 11.6 Å². The molecule has 0 unspecified atom stereocenters. The third-order valence-corrected chi connectivity index (χ3v) is 5.52. The number of carbonyl (C=O) groups excluding carboxylic acids is 1. The van der Waals surface area contributed by atoms with Gasteiger partial charge in [-0.05, 0) is 30.3 Å². The zero-order chi connectivity index (χ0) is 20.7. The molecule has 0 spiro atoms. The second kappa shape index (κ2) is 9.74. The van der Waals surface area contributed by atoms with Crippen LogP contribution in [0, 0.1) is 0 Å². The third kappa shape index (κ3) is 5.35. The summed E-state index contributed by atoms with van der Waals surface area (Å²) in [6, 6.07) is 8.59. The largest absolute Gasteiger partial charge is 0.495 e. The average Bonchev–Trinajstić information content (AvgIpc) is 2.68. The van der Waals surface area contributed by atoms with Gasteiger partial charge in [0.1, 0.15) is 11.5 Å². The third-order valence-electron chi connectivity index (χ3n) is 3.75. The van der Waals surface area contributed by atoms with Crippen molar-refractivity contribution >= 4 is 33.2 Å². The molecule has 0 heterocycles. The Labute approximate surface area is 168 Å². The van der Waals surface area contributed by atoms with Gasteiger partial charge in [-0.3, -0.25) is 4.79 Å². The van der Waals surface area contributed by atoms with Crippen LogP contribution in [-0.4, -0.2) is 48.8 Å². The molecule has 152 valence electrons. The van der Waals surface area contributed by atoms with E-state index in [2.05, 4.69) is 10.0 Å². The fourth-order valence-electron chi connectivity index (χ4n) is 2.30. The first-order valence-electron chi connectivity index (χ1n) is 8.14. The van der Waals surface area contributed by atoms with Crippen molar-refractivity contribution in [2.24, 2.45) is 0 Å². The minimum atomic E-state index is -3.67. The predicted octanol–water partition coefficient (Wildman–Crippen LogP) is 2.53. The van der Waals surface area contributed by atoms with E-state index in [4.69, 9.17) is 25.8 Å². The predicted molar refractivity (Wildman–Crippen MR) is 106 cm³/mol. The summed E-state index contributed by atoms with van der Waals surface area (Å²) in [6.45, 7) is 0.408. The SMILES string of the molecule is COCCNS(=O)(=O)c1ccc(C(=O)Nc2cc(Cl)c(OC)cc2OC)cc1. The standard InChI is InChI=1S/C18H21ClN2O6S/c1-25-9-8-20-28(23,24)13-6-4-12(5-7-13)18(22)21-15-10-14(19)16(26-2)11-17(15)27-3/h4-7,10-11,20H,8-9H2,1-3H3,(H,21,22). The van der Waals surface area contributed by atoms with Crippen molar-refractivity contribution in [3.8, 4) is 11.5 Å². The summed E-state index contributed by atoms with van der Waals surface area (Å²) < 4.78 is 41.9. The molecule has 10 heteroatoms. The Morgan fingerprint density at radius 3 is 2.25 bits per heavy atom. The zero-order valence-corrected chi connectivity index (χ0v) is 17.2. The van der Waals surface area contributed by atoms with Gasteiger partial charge in [0.15, 0.2) is 0 Å². The molecule has 0 aliphatic rings. The summed E-state index contributed by atoms with van der Waals surface area (Å²) in [5, 5.41) is 2.99. The van der Waals surface area contributed by atoms with Gasteiger partial charge in [0.2, 0.25) is 10.0 Å². The number of hydrogen-bond acceptors (Lipinski definition) is 6. The van der Waals surface area contributed by atoms with E-state index in [0.717, 1.165) is 0 Å². The van der Waals surface area contributed by atoms with E-state index in [1.165, 1.54) is 51.7 Å². The summed E-state index contributed by atoms with van der Waals surface area (Å²) in [7, 11) is 0.732. The highest BCUT2D eigenvalue weighted by atomic mass is 35.5. The minimum absolute atomic E-state index is 0.0465. The van der Waals surface area contributed by atoms with Crippen LogP contribution in [0.5, 0.6) is 11.5 Å². The summed E-state index contributed by atoms with van der Waals surface area (Å²) in [4.78, 5) is 12.5. The van der Waals surface area contributed by atoms with Gasteiger partial charge in [-0.15, -0.1) is 0 Å². The molecular weight excluding hydrogens is 408 g/mol. The molecule has 1 amide bonds. The molecule has 2 aromatic rings. The molecule has 0 fully saturated rings. The molecule has 0 aromatic heterocycles. The molecule has 2 rings (SSSR count). The molecule has 0 aliphatic carbocycles. The minimum Gasteiger partial charge on any atom is -0.495 e. The van der Waals surface area contributed by atoms with Crippen molar-refractivity contribution in [2.75, 3.05) is 39.8 Å². The van der Waals surface area contributed by atoms with Crippen LogP contribution in [0.2, 0.25) is 5.02 Å². The zero-order valence-electron chi connectivity index (χ0n) is 15.6. The lowest BCUT2D eigenvalue weighted by atomic mass is 10.2. The van der Waals surface area contributed by atoms with E-state index in [-0.39, 0.29) is 23.6 Å². The lowest BCUT2D eigenvalue weighted by molar-refractivity contribution is 0.102. The number of benzene rings is 2. The first-order valence-corrected chi connectivity index (χ1v) is 10.00. The molecule has 0 radical (unpaired) electrons. The molecule has 0 bridgehead atoms. The van der Waals surface area contributed by atoms with Crippen molar-refractivity contribution in [1.82, 2.24) is 4.72 Å². The Balaban J connectivity index is 2.17. The van der Waals surface area contributed by atoms with E-state index >= 15 is 0 Å². The number of nitrogens with one attached hydrogen (secondary N) is 2. The topological polar surface area (TPSA) is 103 Å². The number of halogens is 1. The number of methoxy groups -OCH3 is 3. The maximum atomic E-state index is 12.5. The maximum absolute atomic E-state index is 12.5. The highest BCUT2D eigenvalue weighted by Gasteiger charge is 2.16. The number of sulfonamides is 1. The van der Waals surface area contributed by atoms with Gasteiger partial charge in [0.25, 0.3) is 5.91 Å². The summed E-state index contributed by atoms with van der Waals surface area (Å²) in [6.07, 6.45) is 0. The normalized spacial score (nSPS) is 11.1. The molecular formula is C18H21ClN2O6S. The van der Waals surface area contributed by atoms with Crippen molar-refractivity contribution in [3.63, 3.8) is 0 Å². The van der Waals surface area contributed by atoms with Gasteiger partial charge >= 0.3 is 0 Å². The summed E-state index contributed by atoms with van der Waals surface area (Å²) in [5.41, 5.74) is 0.626. The first-order chi connectivity index (χ1) is 13.3. The molecule has 2 aromatic carbocycles. The molecule has 28 heavy (non-hydrogen) atoms. The highest BCUT2D eigenvalue weighted by molar-refractivity contribution is 7.89. The Kier molecular flexibility index (Phi) is 7.64. The fourth-order valence-corrected chi connectivity index (χ4v) is 3.55. The molecule has 8 nitrogen and oxygen atoms in total. The quantitative estimate of drug-likeness (QED) is 0.595. The van der Waals surface area contributed by atoms with Crippen LogP contribution in [0.4, 0.5) is 5.69 Å². The Bertz CT molecular complexity index is 932. The van der Waals surface area contributed by atoms with E-state index in [1.807, 2.05) is 0 Å². The first kappa shape index (κ1) is 22.0. The Morgan fingerprint density at radius 1 is 1.04 bits per heavy atom. The van der Waals surface area contributed by atoms with Crippen LogP contribution in [0.15, 0.2) is 41.3 Å². The number of hydrogen-bond donors (Lipinski definition) is 2. The van der Waals surface area contributed by atoms with E-state index in [1.54, 1.807) is 6.07 Å². The Hall–Kier alpha value is -2.33. The van der Waals surface area contributed by atoms with E-state index in [9.17, 15) is 13.2 Å². The number of amides is 1. The monoisotopic (exact) mass is 428 g/mol. The lowest BCUT2D eigenvalue weighted by Gasteiger charge is -2.13. The Morgan fingerprint density at radius 2 is 1.68 bits per heavy atom. The lowest BCUT2D eigenvalue weighted by Crippen LogP contribution is -2.27. The van der Waals surface area contributed by atoms with Crippen LogP contribution in [0.25, 0.3) is 0 Å². The second-order valence-electron chi connectivity index (χ2n) is 5.56. The fraction of sp³-hybridized carbons (Fsp3) is 0.278. The molecule has 2 N–H and O–H groups in total. The van der Waals surface area contributed by atoms with Crippen LogP contribution < -0.4 is 19.5 Å². The van der Waals surface area contributed by atoms with E-state index in [0.29, 0.717) is 22.2 Å². The van der Waals surface area contributed by atoms with Crippen LogP contribution in [-0.2, 0) is 14.8 Å². The average molecular weight is 429 g/mol. The molecule has 0 aliphatic heterocycles. The van der Waals surface area contributed by atoms with Crippen molar-refractivity contribution in [3.05, 3.63) is 47.0 Å². The van der Waals surface area contributed by atoms with Gasteiger partial charge < -0.3 is 19.5 Å². The van der Waals surface area contributed by atoms with Gasteiger partial charge in [0, 0.05) is 25.3 Å². The smallest absolute Gasteiger partial charge is 0.255 e. The van der Waals surface area contributed by atoms with E-state index < -0.39 is 15.9 Å². The molecule has 0 saturated carbocycles. The van der Waals surface area contributed by atoms with Crippen molar-refractivity contribution in [2.45, 2.75) is 4.90 Å². The number of carbonyl (C=O) groups is 1.